The molecule has 1 rings (SSSR count). The maximum absolute atomic E-state index is 11.6. The van der Waals surface area contributed by atoms with Gasteiger partial charge < -0.3 is 10.4 Å². The summed E-state index contributed by atoms with van der Waals surface area (Å²) in [7, 11) is -3.28. The Morgan fingerprint density at radius 1 is 1.30 bits per heavy atom. The highest BCUT2D eigenvalue weighted by molar-refractivity contribution is 7.90. The number of aromatic nitrogens is 1. The summed E-state index contributed by atoms with van der Waals surface area (Å²) in [6.07, 6.45) is 6.18. The van der Waals surface area contributed by atoms with Crippen molar-refractivity contribution >= 4 is 21.6 Å². The number of carboxylic acid groups (broad SMARTS) is 1. The number of pyridine rings is 1. The molecule has 0 radical (unpaired) electrons. The highest BCUT2D eigenvalue weighted by atomic mass is 32.2. The molecule has 0 aliphatic heterocycles. The summed E-state index contributed by atoms with van der Waals surface area (Å²) in [6, 6.07) is 3.12. The first-order chi connectivity index (χ1) is 9.41. The molecule has 1 aromatic heterocycles. The Kier molecular flexibility index (Phi) is 6.44. The summed E-state index contributed by atoms with van der Waals surface area (Å²) < 4.78 is 23.1. The van der Waals surface area contributed by atoms with E-state index in [9.17, 15) is 13.2 Å². The summed E-state index contributed by atoms with van der Waals surface area (Å²) in [5.74, 6) is -0.394. The molecule has 6 nitrogen and oxygen atoms in total. The molecule has 0 aromatic carbocycles. The van der Waals surface area contributed by atoms with Crippen LogP contribution >= 0.6 is 0 Å². The second kappa shape index (κ2) is 7.84. The molecule has 0 bridgehead atoms. The maximum atomic E-state index is 11.6. The van der Waals surface area contributed by atoms with Crippen LogP contribution in [0.1, 0.15) is 32.1 Å². The molecule has 112 valence electrons. The van der Waals surface area contributed by atoms with Crippen LogP contribution in [0.2, 0.25) is 0 Å². The van der Waals surface area contributed by atoms with Crippen molar-refractivity contribution in [1.82, 2.24) is 4.98 Å². The van der Waals surface area contributed by atoms with Crippen molar-refractivity contribution in [3.8, 4) is 0 Å². The SMILES string of the molecule is CS(=O)(=O)c1cccnc1NCCCCCCC(=O)O. The first-order valence-corrected chi connectivity index (χ1v) is 8.41. The van der Waals surface area contributed by atoms with Crippen molar-refractivity contribution in [2.24, 2.45) is 0 Å². The number of hydrogen-bond donors (Lipinski definition) is 2. The first-order valence-electron chi connectivity index (χ1n) is 6.52. The molecule has 0 atom stereocenters. The van der Waals surface area contributed by atoms with E-state index in [1.54, 1.807) is 12.3 Å². The van der Waals surface area contributed by atoms with E-state index in [4.69, 9.17) is 5.11 Å². The lowest BCUT2D eigenvalue weighted by molar-refractivity contribution is -0.137. The smallest absolute Gasteiger partial charge is 0.303 e. The largest absolute Gasteiger partial charge is 0.481 e. The third kappa shape index (κ3) is 6.01. The van der Waals surface area contributed by atoms with Crippen LogP contribution in [0.3, 0.4) is 0 Å². The monoisotopic (exact) mass is 300 g/mol. The van der Waals surface area contributed by atoms with Crippen molar-refractivity contribution in [2.45, 2.75) is 37.0 Å². The lowest BCUT2D eigenvalue weighted by Crippen LogP contribution is -2.09. The van der Waals surface area contributed by atoms with E-state index in [1.807, 2.05) is 0 Å². The van der Waals surface area contributed by atoms with Gasteiger partial charge in [0.25, 0.3) is 0 Å². The third-order valence-electron chi connectivity index (χ3n) is 2.78. The number of carboxylic acids is 1. The van der Waals surface area contributed by atoms with E-state index < -0.39 is 15.8 Å². The van der Waals surface area contributed by atoms with Gasteiger partial charge in [-0.25, -0.2) is 13.4 Å². The number of carbonyl (C=O) groups is 1. The molecular weight excluding hydrogens is 280 g/mol. The van der Waals surface area contributed by atoms with Gasteiger partial charge in [-0.1, -0.05) is 12.8 Å². The number of rotatable bonds is 9. The van der Waals surface area contributed by atoms with Gasteiger partial charge in [0.1, 0.15) is 10.7 Å². The van der Waals surface area contributed by atoms with Crippen LogP contribution in [0.4, 0.5) is 5.82 Å². The lowest BCUT2D eigenvalue weighted by atomic mass is 10.1. The average Bonchev–Trinajstić information content (AvgIpc) is 2.36. The second-order valence-corrected chi connectivity index (χ2v) is 6.59. The molecule has 1 heterocycles. The van der Waals surface area contributed by atoms with Gasteiger partial charge in [0.2, 0.25) is 0 Å². The minimum absolute atomic E-state index is 0.200. The van der Waals surface area contributed by atoms with Crippen LogP contribution < -0.4 is 5.32 Å². The van der Waals surface area contributed by atoms with Crippen LogP contribution in [0.5, 0.6) is 0 Å². The van der Waals surface area contributed by atoms with Gasteiger partial charge in [0, 0.05) is 25.4 Å². The van der Waals surface area contributed by atoms with Crippen molar-refractivity contribution in [1.29, 1.82) is 0 Å². The van der Waals surface area contributed by atoms with E-state index in [-0.39, 0.29) is 11.3 Å². The highest BCUT2D eigenvalue weighted by Gasteiger charge is 2.13. The van der Waals surface area contributed by atoms with Gasteiger partial charge in [-0.2, -0.15) is 0 Å². The minimum Gasteiger partial charge on any atom is -0.481 e. The summed E-state index contributed by atoms with van der Waals surface area (Å²) in [6.45, 7) is 0.618. The standard InChI is InChI=1S/C13H20N2O4S/c1-20(18,19)11-7-6-10-15-13(11)14-9-5-3-2-4-8-12(16)17/h6-7,10H,2-5,8-9H2,1H3,(H,14,15)(H,16,17). The van der Waals surface area contributed by atoms with Gasteiger partial charge in [0.15, 0.2) is 9.84 Å². The quantitative estimate of drug-likeness (QED) is 0.676. The number of aliphatic carboxylic acids is 1. The van der Waals surface area contributed by atoms with Gasteiger partial charge >= 0.3 is 5.97 Å². The fourth-order valence-electron chi connectivity index (χ4n) is 1.78. The molecule has 0 unspecified atom stereocenters. The molecule has 20 heavy (non-hydrogen) atoms. The van der Waals surface area contributed by atoms with Crippen molar-refractivity contribution in [3.63, 3.8) is 0 Å². The van der Waals surface area contributed by atoms with E-state index >= 15 is 0 Å². The lowest BCUT2D eigenvalue weighted by Gasteiger charge is -2.09. The van der Waals surface area contributed by atoms with Gasteiger partial charge in [-0.3, -0.25) is 4.79 Å². The van der Waals surface area contributed by atoms with Gasteiger partial charge in [-0.05, 0) is 25.0 Å². The zero-order valence-electron chi connectivity index (χ0n) is 11.5. The zero-order valence-corrected chi connectivity index (χ0v) is 12.3. The summed E-state index contributed by atoms with van der Waals surface area (Å²) in [4.78, 5) is 14.6. The molecule has 0 aliphatic rings. The highest BCUT2D eigenvalue weighted by Crippen LogP contribution is 2.17. The van der Waals surface area contributed by atoms with Gasteiger partial charge in [0.05, 0.1) is 0 Å². The Labute approximate surface area is 119 Å². The topological polar surface area (TPSA) is 96.4 Å². The van der Waals surface area contributed by atoms with Crippen LogP contribution in [-0.2, 0) is 14.6 Å². The fraction of sp³-hybridized carbons (Fsp3) is 0.538. The molecule has 0 fully saturated rings. The molecule has 0 amide bonds. The molecule has 0 aliphatic carbocycles. The van der Waals surface area contributed by atoms with E-state index in [0.717, 1.165) is 25.5 Å². The van der Waals surface area contributed by atoms with Crippen molar-refractivity contribution in [3.05, 3.63) is 18.3 Å². The Morgan fingerprint density at radius 3 is 2.65 bits per heavy atom. The second-order valence-electron chi connectivity index (χ2n) is 4.61. The summed E-state index contributed by atoms with van der Waals surface area (Å²) in [5, 5.41) is 11.5. The fourth-order valence-corrected chi connectivity index (χ4v) is 2.59. The predicted octanol–water partition coefficient (Wildman–Crippen LogP) is 1.93. The number of sulfone groups is 1. The van der Waals surface area contributed by atoms with E-state index in [1.165, 1.54) is 6.07 Å². The van der Waals surface area contributed by atoms with Crippen molar-refractivity contribution in [2.75, 3.05) is 18.1 Å². The molecule has 7 heteroatoms. The molecule has 1 aromatic rings. The minimum atomic E-state index is -3.28. The first kappa shape index (κ1) is 16.4. The summed E-state index contributed by atoms with van der Waals surface area (Å²) >= 11 is 0. The number of unbranched alkanes of at least 4 members (excludes halogenated alkanes) is 3. The average molecular weight is 300 g/mol. The number of nitrogens with zero attached hydrogens (tertiary/aromatic N) is 1. The zero-order chi connectivity index (χ0) is 15.0. The molecular formula is C13H20N2O4S. The number of hydrogen-bond acceptors (Lipinski definition) is 5. The van der Waals surface area contributed by atoms with Crippen molar-refractivity contribution < 1.29 is 18.3 Å². The summed E-state index contributed by atoms with van der Waals surface area (Å²) in [5.41, 5.74) is 0. The Hall–Kier alpha value is -1.63. The van der Waals surface area contributed by atoms with Gasteiger partial charge in [-0.15, -0.1) is 0 Å². The number of nitrogens with one attached hydrogen (secondary N) is 1. The maximum Gasteiger partial charge on any atom is 0.303 e. The van der Waals surface area contributed by atoms with E-state index in [0.29, 0.717) is 18.8 Å². The normalized spacial score (nSPS) is 11.2. The van der Waals surface area contributed by atoms with Crippen LogP contribution in [0.25, 0.3) is 0 Å². The number of anilines is 1. The third-order valence-corrected chi connectivity index (χ3v) is 3.91. The molecule has 0 saturated heterocycles. The van der Waals surface area contributed by atoms with E-state index in [2.05, 4.69) is 10.3 Å². The Balaban J connectivity index is 2.34. The van der Waals surface area contributed by atoms with Crippen LogP contribution in [0, 0.1) is 0 Å². The molecule has 0 saturated carbocycles. The van der Waals surface area contributed by atoms with Crippen LogP contribution in [0.15, 0.2) is 23.2 Å². The molecule has 0 spiro atoms. The Morgan fingerprint density at radius 2 is 2.00 bits per heavy atom. The Bertz CT molecular complexity index is 543. The molecule has 2 N–H and O–H groups in total. The van der Waals surface area contributed by atoms with Crippen LogP contribution in [-0.4, -0.2) is 37.3 Å². The predicted molar refractivity (Wildman–Crippen MR) is 76.6 cm³/mol.